The number of carbonyl (C=O) groups excluding carboxylic acids is 2. The van der Waals surface area contributed by atoms with Crippen molar-refractivity contribution in [3.63, 3.8) is 0 Å². The summed E-state index contributed by atoms with van der Waals surface area (Å²) >= 11 is 0. The highest BCUT2D eigenvalue weighted by molar-refractivity contribution is 6.11. The van der Waals surface area contributed by atoms with Crippen molar-refractivity contribution in [2.75, 3.05) is 0 Å². The molecule has 0 spiro atoms. The van der Waals surface area contributed by atoms with E-state index in [1.54, 1.807) is 76.8 Å². The zero-order chi connectivity index (χ0) is 23.8. The van der Waals surface area contributed by atoms with Gasteiger partial charge in [-0.15, -0.1) is 0 Å². The summed E-state index contributed by atoms with van der Waals surface area (Å²) in [6, 6.07) is 28.7. The van der Waals surface area contributed by atoms with Crippen LogP contribution in [0.15, 0.2) is 102 Å². The van der Waals surface area contributed by atoms with E-state index in [9.17, 15) is 14.4 Å². The molecule has 5 aromatic rings. The van der Waals surface area contributed by atoms with Crippen molar-refractivity contribution < 1.29 is 9.59 Å². The van der Waals surface area contributed by atoms with Gasteiger partial charge in [0, 0.05) is 29.3 Å². The van der Waals surface area contributed by atoms with Gasteiger partial charge in [0.1, 0.15) is 0 Å². The number of rotatable bonds is 5. The van der Waals surface area contributed by atoms with E-state index in [0.29, 0.717) is 27.9 Å². The van der Waals surface area contributed by atoms with Crippen LogP contribution in [0.25, 0.3) is 16.7 Å². The molecule has 0 unspecified atom stereocenters. The fraction of sp³-hybridized carbons (Fsp3) is 0.0690. The highest BCUT2D eigenvalue weighted by Gasteiger charge is 2.15. The van der Waals surface area contributed by atoms with Crippen LogP contribution in [-0.4, -0.2) is 20.7 Å². The van der Waals surface area contributed by atoms with Crippen LogP contribution in [-0.2, 0) is 7.05 Å². The minimum Gasteiger partial charge on any atom is -0.295 e. The summed E-state index contributed by atoms with van der Waals surface area (Å²) in [7, 11) is 1.74. The van der Waals surface area contributed by atoms with Crippen LogP contribution in [0.1, 0.15) is 37.4 Å². The molecule has 0 aliphatic rings. The average molecular weight is 447 g/mol. The van der Waals surface area contributed by atoms with E-state index in [0.717, 1.165) is 16.6 Å². The van der Waals surface area contributed by atoms with E-state index in [1.807, 2.05) is 43.3 Å². The Bertz CT molecular complexity index is 1590. The van der Waals surface area contributed by atoms with Crippen molar-refractivity contribution in [1.29, 1.82) is 0 Å². The van der Waals surface area contributed by atoms with Gasteiger partial charge >= 0.3 is 5.69 Å². The van der Waals surface area contributed by atoms with Gasteiger partial charge in [0.25, 0.3) is 0 Å². The molecule has 1 aromatic heterocycles. The summed E-state index contributed by atoms with van der Waals surface area (Å²) in [4.78, 5) is 38.5. The number of hydrogen-bond acceptors (Lipinski definition) is 3. The maximum atomic E-state index is 13.0. The maximum Gasteiger partial charge on any atom is 0.333 e. The molecule has 1 heterocycles. The first-order chi connectivity index (χ1) is 16.4. The van der Waals surface area contributed by atoms with Gasteiger partial charge in [-0.2, -0.15) is 0 Å². The third-order valence-electron chi connectivity index (χ3n) is 6.07. The number of ketones is 2. The van der Waals surface area contributed by atoms with Gasteiger partial charge in [-0.25, -0.2) is 4.79 Å². The molecule has 0 radical (unpaired) electrons. The average Bonchev–Trinajstić information content (AvgIpc) is 3.14. The van der Waals surface area contributed by atoms with E-state index < -0.39 is 0 Å². The Labute approximate surface area is 196 Å². The van der Waals surface area contributed by atoms with Gasteiger partial charge in [0.2, 0.25) is 0 Å². The summed E-state index contributed by atoms with van der Waals surface area (Å²) in [6.45, 7) is 1.97. The molecule has 5 heteroatoms. The number of carbonyl (C=O) groups is 2. The zero-order valence-corrected chi connectivity index (χ0v) is 18.9. The van der Waals surface area contributed by atoms with Crippen LogP contribution in [0.3, 0.4) is 0 Å². The highest BCUT2D eigenvalue weighted by atomic mass is 16.2. The highest BCUT2D eigenvalue weighted by Crippen LogP contribution is 2.19. The molecule has 5 nitrogen and oxygen atoms in total. The molecule has 0 saturated carbocycles. The van der Waals surface area contributed by atoms with Gasteiger partial charge in [0.15, 0.2) is 11.6 Å². The van der Waals surface area contributed by atoms with E-state index >= 15 is 0 Å². The van der Waals surface area contributed by atoms with Gasteiger partial charge in [0.05, 0.1) is 16.7 Å². The van der Waals surface area contributed by atoms with Crippen molar-refractivity contribution in [3.8, 4) is 5.69 Å². The Morgan fingerprint density at radius 3 is 1.50 bits per heavy atom. The molecule has 0 N–H and O–H groups in total. The Kier molecular flexibility index (Phi) is 5.30. The molecule has 0 atom stereocenters. The molecule has 0 saturated heterocycles. The Morgan fingerprint density at radius 1 is 0.588 bits per heavy atom. The number of para-hydroxylation sites is 2. The number of imidazole rings is 1. The number of aromatic nitrogens is 2. The normalized spacial score (nSPS) is 11.0. The van der Waals surface area contributed by atoms with Gasteiger partial charge in [-0.05, 0) is 43.3 Å². The third-order valence-corrected chi connectivity index (χ3v) is 6.07. The van der Waals surface area contributed by atoms with Crippen molar-refractivity contribution in [1.82, 2.24) is 9.13 Å². The smallest absolute Gasteiger partial charge is 0.295 e. The molecule has 0 aliphatic carbocycles. The number of fused-ring (bicyclic) bond motifs is 1. The van der Waals surface area contributed by atoms with E-state index in [4.69, 9.17) is 0 Å². The lowest BCUT2D eigenvalue weighted by Gasteiger charge is -2.07. The standard InChI is InChI=1S/C29H22N2O3/c1-19-7-9-20(10-8-19)27(32)21-11-13-22(14-12-21)28(33)23-15-17-24(18-16-23)31-26-6-4-3-5-25(26)30(2)29(31)34/h3-18H,1-2H3. The largest absolute Gasteiger partial charge is 0.333 e. The van der Waals surface area contributed by atoms with E-state index in [2.05, 4.69) is 0 Å². The summed E-state index contributed by atoms with van der Waals surface area (Å²) in [5.74, 6) is -0.227. The van der Waals surface area contributed by atoms with Crippen LogP contribution >= 0.6 is 0 Å². The second kappa shape index (κ2) is 8.45. The predicted octanol–water partition coefficient (Wildman–Crippen LogP) is 5.10. The van der Waals surface area contributed by atoms with Crippen molar-refractivity contribution in [3.05, 3.63) is 135 Å². The SMILES string of the molecule is Cc1ccc(C(=O)c2ccc(C(=O)c3ccc(-n4c(=O)n(C)c5ccccc54)cc3)cc2)cc1. The molecule has 0 aliphatic heterocycles. The predicted molar refractivity (Wildman–Crippen MR) is 133 cm³/mol. The monoisotopic (exact) mass is 446 g/mol. The molecule has 0 fully saturated rings. The Balaban J connectivity index is 1.40. The first-order valence-electron chi connectivity index (χ1n) is 11.0. The molecule has 4 aromatic carbocycles. The van der Waals surface area contributed by atoms with Crippen LogP contribution in [0.2, 0.25) is 0 Å². The quantitative estimate of drug-likeness (QED) is 0.353. The van der Waals surface area contributed by atoms with Crippen LogP contribution in [0.4, 0.5) is 0 Å². The minimum atomic E-state index is -0.147. The molecule has 0 amide bonds. The lowest BCUT2D eigenvalue weighted by molar-refractivity contribution is 0.102. The fourth-order valence-electron chi connectivity index (χ4n) is 4.12. The van der Waals surface area contributed by atoms with Crippen LogP contribution < -0.4 is 5.69 Å². The topological polar surface area (TPSA) is 61.1 Å². The van der Waals surface area contributed by atoms with E-state index in [-0.39, 0.29) is 17.3 Å². The summed E-state index contributed by atoms with van der Waals surface area (Å²) in [5, 5.41) is 0. The molecular weight excluding hydrogens is 424 g/mol. The van der Waals surface area contributed by atoms with Crippen molar-refractivity contribution in [2.24, 2.45) is 7.05 Å². The summed E-state index contributed by atoms with van der Waals surface area (Å²) in [5.41, 5.74) is 5.44. The molecule has 166 valence electrons. The first kappa shape index (κ1) is 21.3. The lowest BCUT2D eigenvalue weighted by atomic mass is 9.98. The van der Waals surface area contributed by atoms with Crippen LogP contribution in [0.5, 0.6) is 0 Å². The fourth-order valence-corrected chi connectivity index (χ4v) is 4.12. The second-order valence-electron chi connectivity index (χ2n) is 8.31. The molecule has 34 heavy (non-hydrogen) atoms. The van der Waals surface area contributed by atoms with Gasteiger partial charge < -0.3 is 0 Å². The minimum absolute atomic E-state index is 0.0797. The third kappa shape index (κ3) is 3.67. The number of aryl methyl sites for hydroxylation is 2. The second-order valence-corrected chi connectivity index (χ2v) is 8.31. The summed E-state index contributed by atoms with van der Waals surface area (Å²) < 4.78 is 3.24. The molecule has 5 rings (SSSR count). The Morgan fingerprint density at radius 2 is 1.00 bits per heavy atom. The lowest BCUT2D eigenvalue weighted by Crippen LogP contribution is -2.20. The first-order valence-corrected chi connectivity index (χ1v) is 11.0. The summed E-state index contributed by atoms with van der Waals surface area (Å²) in [6.07, 6.45) is 0. The number of nitrogens with zero attached hydrogens (tertiary/aromatic N) is 2. The number of benzene rings is 4. The zero-order valence-electron chi connectivity index (χ0n) is 18.9. The Hall–Kier alpha value is -4.51. The van der Waals surface area contributed by atoms with Crippen molar-refractivity contribution >= 4 is 22.6 Å². The maximum absolute atomic E-state index is 13.0. The van der Waals surface area contributed by atoms with Gasteiger partial charge in [-0.1, -0.05) is 66.2 Å². The van der Waals surface area contributed by atoms with E-state index in [1.165, 1.54) is 0 Å². The van der Waals surface area contributed by atoms with Crippen molar-refractivity contribution in [2.45, 2.75) is 6.92 Å². The molecule has 0 bridgehead atoms. The number of hydrogen-bond donors (Lipinski definition) is 0. The molecular formula is C29H22N2O3. The van der Waals surface area contributed by atoms with Crippen LogP contribution in [0, 0.1) is 6.92 Å². The van der Waals surface area contributed by atoms with Gasteiger partial charge in [-0.3, -0.25) is 18.7 Å².